The van der Waals surface area contributed by atoms with Crippen LogP contribution in [0.3, 0.4) is 0 Å². The van der Waals surface area contributed by atoms with Crippen molar-refractivity contribution < 1.29 is 29.0 Å². The minimum absolute atomic E-state index is 0.0733. The maximum atomic E-state index is 14.3. The number of imidazole rings is 1. The van der Waals surface area contributed by atoms with Crippen LogP contribution in [0, 0.1) is 11.8 Å². The van der Waals surface area contributed by atoms with E-state index in [-0.39, 0.29) is 37.1 Å². The van der Waals surface area contributed by atoms with Crippen molar-refractivity contribution in [3.8, 4) is 17.5 Å². The smallest absolute Gasteiger partial charge is 0.330 e. The van der Waals surface area contributed by atoms with Gasteiger partial charge in [0.05, 0.1) is 12.1 Å². The van der Waals surface area contributed by atoms with Gasteiger partial charge in [0.15, 0.2) is 11.6 Å². The summed E-state index contributed by atoms with van der Waals surface area (Å²) in [4.78, 5) is 68.8. The van der Waals surface area contributed by atoms with Crippen LogP contribution in [0.5, 0.6) is 5.88 Å². The summed E-state index contributed by atoms with van der Waals surface area (Å²) in [7, 11) is 1.85. The SMILES string of the molecule is Cn1ccnc1-c1nc(O[C@@H]2C[C@H]3C(=O)N[C@]4(C(=O)O)C[C@H]4/C=C\CCCCC[C@H](NC(=O)CC4CC4)C(=O)N3C2)c2sccc2n1. The van der Waals surface area contributed by atoms with Gasteiger partial charge in [0.1, 0.15) is 28.4 Å². The lowest BCUT2D eigenvalue weighted by Crippen LogP contribution is -2.56. The second-order valence-corrected chi connectivity index (χ2v) is 14.2. The number of hydrogen-bond donors (Lipinski definition) is 3. The molecule has 3 aromatic heterocycles. The molecule has 0 unspecified atom stereocenters. The highest BCUT2D eigenvalue weighted by atomic mass is 32.1. The van der Waals surface area contributed by atoms with Crippen molar-refractivity contribution in [2.75, 3.05) is 6.54 Å². The van der Waals surface area contributed by atoms with Gasteiger partial charge >= 0.3 is 5.97 Å². The van der Waals surface area contributed by atoms with Gasteiger partial charge in [0, 0.05) is 38.2 Å². The Hall–Kier alpha value is -4.33. The molecule has 3 fully saturated rings. The Kier molecular flexibility index (Phi) is 8.45. The van der Waals surface area contributed by atoms with Gasteiger partial charge in [-0.3, -0.25) is 14.4 Å². The van der Waals surface area contributed by atoms with E-state index in [2.05, 4.69) is 20.6 Å². The van der Waals surface area contributed by atoms with Crippen LogP contribution in [0.1, 0.15) is 64.2 Å². The minimum atomic E-state index is -1.41. The third kappa shape index (κ3) is 6.47. The molecule has 0 spiro atoms. The molecule has 2 saturated carbocycles. The normalized spacial score (nSPS) is 28.8. The van der Waals surface area contributed by atoms with Gasteiger partial charge in [-0.25, -0.2) is 14.8 Å². The van der Waals surface area contributed by atoms with Crippen molar-refractivity contribution in [3.05, 3.63) is 36.0 Å². The first-order chi connectivity index (χ1) is 22.7. The number of nitrogens with zero attached hydrogens (tertiary/aromatic N) is 5. The van der Waals surface area contributed by atoms with E-state index in [1.54, 1.807) is 12.4 Å². The summed E-state index contributed by atoms with van der Waals surface area (Å²) in [5.41, 5.74) is -0.721. The molecule has 47 heavy (non-hydrogen) atoms. The molecular weight excluding hydrogens is 622 g/mol. The first-order valence-corrected chi connectivity index (χ1v) is 17.3. The van der Waals surface area contributed by atoms with Gasteiger partial charge in [-0.05, 0) is 55.9 Å². The molecule has 4 aliphatic rings. The zero-order valence-corrected chi connectivity index (χ0v) is 27.1. The first kappa shape index (κ1) is 31.3. The molecule has 3 N–H and O–H groups in total. The lowest BCUT2D eigenvalue weighted by atomic mass is 10.0. The quantitative estimate of drug-likeness (QED) is 0.322. The van der Waals surface area contributed by atoms with Crippen LogP contribution in [-0.2, 0) is 26.2 Å². The molecule has 14 heteroatoms. The number of amides is 3. The molecule has 13 nitrogen and oxygen atoms in total. The van der Waals surface area contributed by atoms with Gasteiger partial charge in [-0.2, -0.15) is 4.98 Å². The molecule has 1 saturated heterocycles. The van der Waals surface area contributed by atoms with E-state index in [1.807, 2.05) is 35.2 Å². The second-order valence-electron chi connectivity index (χ2n) is 13.2. The number of thiophene rings is 1. The van der Waals surface area contributed by atoms with E-state index in [1.165, 1.54) is 16.2 Å². The molecule has 3 aromatic rings. The van der Waals surface area contributed by atoms with Gasteiger partial charge in [0.25, 0.3) is 0 Å². The molecule has 2 aliphatic carbocycles. The molecular formula is C33H39N7O6S. The average molecular weight is 662 g/mol. The van der Waals surface area contributed by atoms with Crippen LogP contribution in [-0.4, -0.2) is 83.5 Å². The van der Waals surface area contributed by atoms with Crippen molar-refractivity contribution in [2.45, 2.75) is 87.9 Å². The summed E-state index contributed by atoms with van der Waals surface area (Å²) < 4.78 is 9.02. The fraction of sp³-hybridized carbons (Fsp3) is 0.545. The molecule has 0 aromatic carbocycles. The summed E-state index contributed by atoms with van der Waals surface area (Å²) in [6.07, 6.45) is 13.2. The van der Waals surface area contributed by atoms with Gasteiger partial charge < -0.3 is 29.9 Å². The van der Waals surface area contributed by atoms with E-state index in [9.17, 15) is 24.3 Å². The Balaban J connectivity index is 1.19. The Morgan fingerprint density at radius 2 is 2.04 bits per heavy atom. The fourth-order valence-corrected chi connectivity index (χ4v) is 7.50. The van der Waals surface area contributed by atoms with Crippen LogP contribution in [0.4, 0.5) is 0 Å². The maximum Gasteiger partial charge on any atom is 0.330 e. The van der Waals surface area contributed by atoms with E-state index in [4.69, 9.17) is 9.72 Å². The predicted octanol–water partition coefficient (Wildman–Crippen LogP) is 3.20. The highest BCUT2D eigenvalue weighted by Gasteiger charge is 2.61. The van der Waals surface area contributed by atoms with Crippen molar-refractivity contribution >= 4 is 45.2 Å². The third-order valence-electron chi connectivity index (χ3n) is 9.70. The van der Waals surface area contributed by atoms with Gasteiger partial charge in [-0.15, -0.1) is 11.3 Å². The number of carbonyl (C=O) groups is 4. The molecule has 3 amide bonds. The van der Waals surface area contributed by atoms with Gasteiger partial charge in [0.2, 0.25) is 23.6 Å². The number of carboxylic acid groups (broad SMARTS) is 1. The number of aromatic nitrogens is 4. The average Bonchev–Trinajstić information content (AvgIpc) is 3.76. The number of aliphatic carboxylic acids is 1. The van der Waals surface area contributed by atoms with Crippen LogP contribution in [0.25, 0.3) is 21.9 Å². The number of aryl methyl sites for hydroxylation is 1. The van der Waals surface area contributed by atoms with E-state index in [0.717, 1.165) is 43.2 Å². The lowest BCUT2D eigenvalue weighted by molar-refractivity contribution is -0.146. The summed E-state index contributed by atoms with van der Waals surface area (Å²) >= 11 is 1.43. The monoisotopic (exact) mass is 661 g/mol. The number of carboxylic acids is 1. The summed E-state index contributed by atoms with van der Waals surface area (Å²) in [5, 5.41) is 17.8. The van der Waals surface area contributed by atoms with Crippen molar-refractivity contribution in [1.82, 2.24) is 35.1 Å². The summed E-state index contributed by atoms with van der Waals surface area (Å²) in [5.74, 6) is -0.844. The molecule has 2 aliphatic heterocycles. The van der Waals surface area contributed by atoms with Crippen molar-refractivity contribution in [1.29, 1.82) is 0 Å². The van der Waals surface area contributed by atoms with Crippen LogP contribution in [0.2, 0.25) is 0 Å². The van der Waals surface area contributed by atoms with E-state index < -0.39 is 35.6 Å². The second kappa shape index (κ2) is 12.7. The van der Waals surface area contributed by atoms with Crippen molar-refractivity contribution in [3.63, 3.8) is 0 Å². The number of rotatable bonds is 7. The highest BCUT2D eigenvalue weighted by Crippen LogP contribution is 2.45. The number of nitrogens with one attached hydrogen (secondary N) is 2. The minimum Gasteiger partial charge on any atom is -0.479 e. The molecule has 0 bridgehead atoms. The fourth-order valence-electron chi connectivity index (χ4n) is 6.74. The summed E-state index contributed by atoms with van der Waals surface area (Å²) in [6, 6.07) is 0.0878. The zero-order valence-electron chi connectivity index (χ0n) is 26.3. The number of ether oxygens (including phenoxy) is 1. The maximum absolute atomic E-state index is 14.3. The molecule has 0 radical (unpaired) electrons. The van der Waals surface area contributed by atoms with Crippen LogP contribution >= 0.6 is 11.3 Å². The Bertz CT molecular complexity index is 1730. The number of carbonyl (C=O) groups excluding carboxylic acids is 3. The van der Waals surface area contributed by atoms with Crippen LogP contribution in [0.15, 0.2) is 36.0 Å². The predicted molar refractivity (Wildman–Crippen MR) is 172 cm³/mol. The summed E-state index contributed by atoms with van der Waals surface area (Å²) in [6.45, 7) is 0.0733. The van der Waals surface area contributed by atoms with E-state index in [0.29, 0.717) is 41.8 Å². The molecule has 5 heterocycles. The standard InChI is InChI=1S/C33H39N7O6S/c1-39-13-12-34-28(39)27-36-22-11-14-47-26(22)30(37-27)46-21-16-24-29(42)38-33(32(44)45)17-20(33)7-5-3-2-4-6-8-23(31(43)40(24)18-21)35-25(41)15-19-9-10-19/h5,7,11-14,19-21,23-24H,2-4,6,8-10,15-18H2,1H3,(H,35,41)(H,38,42)(H,44,45)/b7-5-/t20-,21-,23+,24+,33-/m1/s1. The van der Waals surface area contributed by atoms with E-state index >= 15 is 0 Å². The lowest BCUT2D eigenvalue weighted by Gasteiger charge is -2.29. The first-order valence-electron chi connectivity index (χ1n) is 16.4. The largest absolute Gasteiger partial charge is 0.479 e. The van der Waals surface area contributed by atoms with Crippen molar-refractivity contribution in [2.24, 2.45) is 18.9 Å². The Morgan fingerprint density at radius 3 is 2.81 bits per heavy atom. The van der Waals surface area contributed by atoms with Gasteiger partial charge in [-0.1, -0.05) is 25.0 Å². The number of fused-ring (bicyclic) bond motifs is 3. The third-order valence-corrected chi connectivity index (χ3v) is 10.6. The number of allylic oxidation sites excluding steroid dienone is 1. The molecule has 5 atom stereocenters. The number of hydrogen-bond acceptors (Lipinski definition) is 9. The molecule has 7 rings (SSSR count). The Labute approximate surface area is 275 Å². The topological polar surface area (TPSA) is 169 Å². The highest BCUT2D eigenvalue weighted by molar-refractivity contribution is 7.17. The zero-order chi connectivity index (χ0) is 32.7. The van der Waals surface area contributed by atoms with Crippen LogP contribution < -0.4 is 15.4 Å². The Morgan fingerprint density at radius 1 is 1.19 bits per heavy atom. The molecule has 248 valence electrons.